The summed E-state index contributed by atoms with van der Waals surface area (Å²) in [4.78, 5) is 0. The van der Waals surface area contributed by atoms with Crippen LogP contribution < -0.4 is 0 Å². The van der Waals surface area contributed by atoms with Crippen molar-refractivity contribution in [2.75, 3.05) is 0 Å². The molecule has 6 aromatic carbocycles. The van der Waals surface area contributed by atoms with Gasteiger partial charge in [-0.1, -0.05) is 0 Å². The summed E-state index contributed by atoms with van der Waals surface area (Å²) in [6, 6.07) is 47.5. The van der Waals surface area contributed by atoms with Crippen molar-refractivity contribution < 1.29 is 21.3 Å². The summed E-state index contributed by atoms with van der Waals surface area (Å²) in [5.74, 6) is 0. The molecule has 0 N–H and O–H groups in total. The van der Waals surface area contributed by atoms with Gasteiger partial charge in [0.15, 0.2) is 0 Å². The maximum atomic E-state index is 2.67. The van der Waals surface area contributed by atoms with Gasteiger partial charge < -0.3 is 0 Å². The Morgan fingerprint density at radius 3 is 1.28 bits per heavy atom. The van der Waals surface area contributed by atoms with Crippen molar-refractivity contribution in [1.29, 1.82) is 0 Å². The van der Waals surface area contributed by atoms with Gasteiger partial charge in [-0.2, -0.15) is 0 Å². The van der Waals surface area contributed by atoms with Gasteiger partial charge in [-0.05, 0) is 0 Å². The molecule has 0 aliphatic heterocycles. The summed E-state index contributed by atoms with van der Waals surface area (Å²) < 4.78 is 3.56. The maximum absolute atomic E-state index is 2.97. The molecule has 0 radical (unpaired) electrons. The molecule has 0 heterocycles. The van der Waals surface area contributed by atoms with Crippen LogP contribution in [0.1, 0.15) is 107 Å². The summed E-state index contributed by atoms with van der Waals surface area (Å²) in [5.41, 5.74) is 22.2. The fraction of sp³-hybridized carbons (Fsp3) is 0.255. The zero-order valence-corrected chi connectivity index (χ0v) is 40.0. The summed E-state index contributed by atoms with van der Waals surface area (Å²) >= 11 is -2.97. The molecular weight excluding hydrogens is 823 g/mol. The van der Waals surface area contributed by atoms with Gasteiger partial charge in [-0.3, -0.25) is 0 Å². The Labute approximate surface area is 368 Å². The second-order valence-corrected chi connectivity index (χ2v) is 24.6. The maximum Gasteiger partial charge on any atom is -0.147 e. The summed E-state index contributed by atoms with van der Waals surface area (Å²) in [6.45, 7) is 23.3. The van der Waals surface area contributed by atoms with E-state index >= 15 is 0 Å². The zero-order valence-electron chi connectivity index (χ0n) is 35.9. The molecule has 296 valence electrons. The number of rotatable bonds is 6. The van der Waals surface area contributed by atoms with Crippen LogP contribution in [0.15, 0.2) is 143 Å². The molecule has 3 heteroatoms. The van der Waals surface area contributed by atoms with Crippen LogP contribution in [0, 0.1) is 27.7 Å². The van der Waals surface area contributed by atoms with E-state index < -0.39 is 21.3 Å². The van der Waals surface area contributed by atoms with Gasteiger partial charge in [0.05, 0.1) is 0 Å². The van der Waals surface area contributed by atoms with Crippen molar-refractivity contribution in [3.8, 4) is 33.4 Å². The molecule has 0 unspecified atom stereocenters. The Balaban J connectivity index is 0.00000283. The van der Waals surface area contributed by atoms with Crippen LogP contribution in [0.5, 0.6) is 0 Å². The third kappa shape index (κ3) is 8.17. The Morgan fingerprint density at radius 2 is 0.914 bits per heavy atom. The number of halogens is 2. The number of fused-ring (bicyclic) bond motifs is 3. The van der Waals surface area contributed by atoms with E-state index in [0.717, 1.165) is 6.42 Å². The molecule has 0 spiro atoms. The fourth-order valence-electron chi connectivity index (χ4n) is 9.15. The van der Waals surface area contributed by atoms with E-state index in [1.54, 1.807) is 6.49 Å². The van der Waals surface area contributed by atoms with Crippen molar-refractivity contribution >= 4 is 28.0 Å². The number of allylic oxidation sites excluding steroid dienone is 4. The van der Waals surface area contributed by atoms with Gasteiger partial charge in [0, 0.05) is 0 Å². The molecule has 0 aromatic heterocycles. The van der Waals surface area contributed by atoms with E-state index in [9.17, 15) is 0 Å². The van der Waals surface area contributed by atoms with Crippen molar-refractivity contribution in [2.24, 2.45) is 0 Å². The molecule has 0 saturated heterocycles. The number of aryl methyl sites for hydroxylation is 4. The topological polar surface area (TPSA) is 0 Å². The van der Waals surface area contributed by atoms with Crippen LogP contribution >= 0.6 is 24.8 Å². The minimum absolute atomic E-state index is 0. The molecule has 0 saturated carbocycles. The SMILES string of the molecule is Cc1ccc([C](c2ccc(C)cc2)=[Zr]([C]2=CC=CC2)[CH]2c3cc(-c4ccccc4C)c(C(C)(C)C)cc3-c3cc(C(C)(C)C)c(-c4ccccc4C)cc32)cc1.Cl.Cl. The first-order chi connectivity index (χ1) is 26.7. The van der Waals surface area contributed by atoms with E-state index in [1.807, 2.05) is 0 Å². The van der Waals surface area contributed by atoms with Gasteiger partial charge in [0.2, 0.25) is 0 Å². The molecule has 58 heavy (non-hydrogen) atoms. The predicted octanol–water partition coefficient (Wildman–Crippen LogP) is 15.5. The van der Waals surface area contributed by atoms with Crippen LogP contribution in [0.3, 0.4) is 0 Å². The number of hydrogen-bond donors (Lipinski definition) is 0. The zero-order chi connectivity index (χ0) is 39.5. The Morgan fingerprint density at radius 1 is 0.500 bits per heavy atom. The summed E-state index contributed by atoms with van der Waals surface area (Å²) in [7, 11) is 0. The van der Waals surface area contributed by atoms with Crippen molar-refractivity contribution in [3.63, 3.8) is 0 Å². The van der Waals surface area contributed by atoms with Gasteiger partial charge in [-0.25, -0.2) is 0 Å². The van der Waals surface area contributed by atoms with Crippen LogP contribution in [-0.4, -0.2) is 3.21 Å². The Bertz CT molecular complexity index is 2430. The van der Waals surface area contributed by atoms with Gasteiger partial charge in [-0.15, -0.1) is 24.8 Å². The molecule has 0 nitrogen and oxygen atoms in total. The number of benzene rings is 6. The largest absolute Gasteiger partial charge is 0.147 e. The van der Waals surface area contributed by atoms with Crippen molar-refractivity contribution in [3.05, 3.63) is 198 Å². The molecule has 0 amide bonds. The van der Waals surface area contributed by atoms with E-state index in [4.69, 9.17) is 0 Å². The monoisotopic (exact) mass is 878 g/mol. The van der Waals surface area contributed by atoms with Crippen molar-refractivity contribution in [1.82, 2.24) is 0 Å². The fourth-order valence-corrected chi connectivity index (χ4v) is 18.1. The van der Waals surface area contributed by atoms with E-state index in [1.165, 1.54) is 89.0 Å². The minimum atomic E-state index is -2.97. The normalized spacial score (nSPS) is 13.3. The average Bonchev–Trinajstić information content (AvgIpc) is 3.80. The van der Waals surface area contributed by atoms with Gasteiger partial charge >= 0.3 is 346 Å². The first-order valence-electron chi connectivity index (χ1n) is 20.4. The minimum Gasteiger partial charge on any atom is -0.147 e. The quantitative estimate of drug-likeness (QED) is 0.156. The van der Waals surface area contributed by atoms with Crippen LogP contribution in [0.2, 0.25) is 0 Å². The molecule has 0 atom stereocenters. The van der Waals surface area contributed by atoms with Gasteiger partial charge in [0.1, 0.15) is 0 Å². The second kappa shape index (κ2) is 17.0. The predicted molar refractivity (Wildman–Crippen MR) is 253 cm³/mol. The van der Waals surface area contributed by atoms with Crippen LogP contribution in [0.4, 0.5) is 0 Å². The first kappa shape index (κ1) is 43.7. The summed E-state index contributed by atoms with van der Waals surface area (Å²) in [6.07, 6.45) is 8.27. The first-order valence-corrected chi connectivity index (χ1v) is 24.3. The van der Waals surface area contributed by atoms with E-state index in [-0.39, 0.29) is 35.6 Å². The van der Waals surface area contributed by atoms with Crippen LogP contribution in [-0.2, 0) is 32.1 Å². The molecule has 0 bridgehead atoms. The molecule has 2 aliphatic rings. The molecular formula is C55H58Cl2Zr. The third-order valence-corrected chi connectivity index (χ3v) is 20.4. The molecule has 6 aromatic rings. The Hall–Kier alpha value is -3.87. The van der Waals surface area contributed by atoms with E-state index in [2.05, 4.69) is 209 Å². The number of hydrogen-bond acceptors (Lipinski definition) is 0. The van der Waals surface area contributed by atoms with Gasteiger partial charge in [0.25, 0.3) is 0 Å². The Kier molecular flexibility index (Phi) is 12.8. The third-order valence-electron chi connectivity index (χ3n) is 12.1. The molecule has 8 rings (SSSR count). The smallest absolute Gasteiger partial charge is 0.147 e. The van der Waals surface area contributed by atoms with Crippen molar-refractivity contribution in [2.45, 2.75) is 90.1 Å². The van der Waals surface area contributed by atoms with Crippen LogP contribution in [0.25, 0.3) is 33.4 Å². The summed E-state index contributed by atoms with van der Waals surface area (Å²) in [5, 5.41) is 0. The second-order valence-electron chi connectivity index (χ2n) is 18.4. The van der Waals surface area contributed by atoms with E-state index in [0.29, 0.717) is 3.63 Å². The average molecular weight is 881 g/mol. The molecule has 0 fully saturated rings. The standard InChI is InChI=1S/C35H37.C15H14.C5H5.2ClH.Zr/c1-22-13-9-11-15-26(22)30-18-24-17-25-19-31(27-16-12-10-14-23(27)2)33(35(6,7)8)21-29(25)28(24)20-32(30)34(3,4)5;1-12-3-7-14(8-4-12)11-15-9-5-13(2)6-10-15;1-2-4-5-3-1;;;/h9-21H,1-8H3;3-10H,1-2H3;1-3H,4H2;2*1H;. The molecule has 2 aliphatic carbocycles.